The molecule has 0 saturated heterocycles. The monoisotopic (exact) mass is 283 g/mol. The number of aromatic nitrogens is 2. The average molecular weight is 283 g/mol. The highest BCUT2D eigenvalue weighted by atomic mass is 16.5. The number of aromatic amines is 1. The number of nitrogens with one attached hydrogen (secondary N) is 1. The van der Waals surface area contributed by atoms with Gasteiger partial charge in [-0.15, -0.1) is 0 Å². The van der Waals surface area contributed by atoms with Crippen molar-refractivity contribution < 1.29 is 9.53 Å². The molecule has 0 bridgehead atoms. The van der Waals surface area contributed by atoms with Gasteiger partial charge in [0.2, 0.25) is 5.91 Å². The molecule has 2 aliphatic rings. The Kier molecular flexibility index (Phi) is 2.91. The molecule has 2 aromatic rings. The minimum Gasteiger partial charge on any atom is -0.493 e. The fourth-order valence-corrected chi connectivity index (χ4v) is 3.07. The van der Waals surface area contributed by atoms with E-state index in [0.29, 0.717) is 13.0 Å². The minimum atomic E-state index is 0.181. The lowest BCUT2D eigenvalue weighted by Crippen LogP contribution is -2.36. The van der Waals surface area contributed by atoms with Crippen molar-refractivity contribution in [1.29, 1.82) is 0 Å². The van der Waals surface area contributed by atoms with Crippen molar-refractivity contribution in [2.24, 2.45) is 0 Å². The van der Waals surface area contributed by atoms with E-state index in [4.69, 9.17) is 4.74 Å². The quantitative estimate of drug-likeness (QED) is 0.908. The Morgan fingerprint density at radius 2 is 2.29 bits per heavy atom. The first-order valence-electron chi connectivity index (χ1n) is 7.33. The molecule has 5 heteroatoms. The summed E-state index contributed by atoms with van der Waals surface area (Å²) in [6.45, 7) is 2.18. The molecule has 0 fully saturated rings. The summed E-state index contributed by atoms with van der Waals surface area (Å²) in [6, 6.07) is 6.08. The molecular weight excluding hydrogens is 266 g/mol. The van der Waals surface area contributed by atoms with Crippen LogP contribution in [0.2, 0.25) is 0 Å². The molecule has 1 N–H and O–H groups in total. The summed E-state index contributed by atoms with van der Waals surface area (Å²) in [5, 5.41) is 7.04. The highest BCUT2D eigenvalue weighted by Crippen LogP contribution is 2.26. The molecule has 0 saturated carbocycles. The molecule has 0 atom stereocenters. The summed E-state index contributed by atoms with van der Waals surface area (Å²) in [5.41, 5.74) is 4.59. The van der Waals surface area contributed by atoms with Crippen LogP contribution in [0, 0.1) is 0 Å². The predicted octanol–water partition coefficient (Wildman–Crippen LogP) is 1.47. The van der Waals surface area contributed by atoms with Crippen LogP contribution in [0.1, 0.15) is 22.4 Å². The van der Waals surface area contributed by atoms with Gasteiger partial charge in [-0.25, -0.2) is 0 Å². The van der Waals surface area contributed by atoms with E-state index in [1.54, 1.807) is 0 Å². The normalized spacial score (nSPS) is 16.3. The van der Waals surface area contributed by atoms with Crippen molar-refractivity contribution in [1.82, 2.24) is 15.1 Å². The van der Waals surface area contributed by atoms with E-state index in [0.717, 1.165) is 48.6 Å². The maximum atomic E-state index is 12.5. The molecule has 1 aromatic heterocycles. The summed E-state index contributed by atoms with van der Waals surface area (Å²) in [6.07, 6.45) is 4.08. The largest absolute Gasteiger partial charge is 0.493 e. The number of rotatable bonds is 2. The van der Waals surface area contributed by atoms with Crippen LogP contribution in [0.3, 0.4) is 0 Å². The molecule has 21 heavy (non-hydrogen) atoms. The number of fused-ring (bicyclic) bond motifs is 2. The van der Waals surface area contributed by atoms with E-state index in [-0.39, 0.29) is 5.91 Å². The van der Waals surface area contributed by atoms with Gasteiger partial charge < -0.3 is 9.64 Å². The smallest absolute Gasteiger partial charge is 0.227 e. The molecule has 3 heterocycles. The fraction of sp³-hybridized carbons (Fsp3) is 0.375. The molecule has 0 unspecified atom stereocenters. The highest BCUT2D eigenvalue weighted by Gasteiger charge is 2.22. The van der Waals surface area contributed by atoms with Crippen LogP contribution in [0.4, 0.5) is 0 Å². The number of carbonyl (C=O) groups is 1. The van der Waals surface area contributed by atoms with Crippen LogP contribution < -0.4 is 4.74 Å². The van der Waals surface area contributed by atoms with Gasteiger partial charge in [0, 0.05) is 37.2 Å². The second-order valence-electron chi connectivity index (χ2n) is 5.66. The summed E-state index contributed by atoms with van der Waals surface area (Å²) in [4.78, 5) is 14.4. The third-order valence-electron chi connectivity index (χ3n) is 4.26. The SMILES string of the molecule is O=C(Cc1ccc2c(c1)CCO2)N1CCc2[nH]ncc2C1. The van der Waals surface area contributed by atoms with Crippen molar-refractivity contribution in [2.45, 2.75) is 25.8 Å². The summed E-state index contributed by atoms with van der Waals surface area (Å²) < 4.78 is 5.50. The van der Waals surface area contributed by atoms with E-state index in [2.05, 4.69) is 16.3 Å². The van der Waals surface area contributed by atoms with Gasteiger partial charge in [0.15, 0.2) is 0 Å². The Balaban J connectivity index is 1.47. The second-order valence-corrected chi connectivity index (χ2v) is 5.66. The van der Waals surface area contributed by atoms with Gasteiger partial charge in [0.1, 0.15) is 5.75 Å². The maximum Gasteiger partial charge on any atom is 0.227 e. The first kappa shape index (κ1) is 12.4. The van der Waals surface area contributed by atoms with Crippen LogP contribution in [0.25, 0.3) is 0 Å². The zero-order chi connectivity index (χ0) is 14.2. The Hall–Kier alpha value is -2.30. The molecular formula is C16H17N3O2. The fourth-order valence-electron chi connectivity index (χ4n) is 3.07. The number of nitrogens with zero attached hydrogens (tertiary/aromatic N) is 2. The van der Waals surface area contributed by atoms with Crippen molar-refractivity contribution in [2.75, 3.05) is 13.2 Å². The summed E-state index contributed by atoms with van der Waals surface area (Å²) in [7, 11) is 0. The predicted molar refractivity (Wildman–Crippen MR) is 77.1 cm³/mol. The lowest BCUT2D eigenvalue weighted by molar-refractivity contribution is -0.131. The van der Waals surface area contributed by atoms with Crippen LogP contribution >= 0.6 is 0 Å². The molecule has 0 aliphatic carbocycles. The highest BCUT2D eigenvalue weighted by molar-refractivity contribution is 5.79. The standard InChI is InChI=1S/C16H17N3O2/c20-16(19-5-3-14-13(10-19)9-17-18-14)8-11-1-2-15-12(7-11)4-6-21-15/h1-2,7,9H,3-6,8,10H2,(H,17,18). The van der Waals surface area contributed by atoms with E-state index in [9.17, 15) is 4.79 Å². The third-order valence-corrected chi connectivity index (χ3v) is 4.26. The first-order chi connectivity index (χ1) is 10.3. The van der Waals surface area contributed by atoms with Gasteiger partial charge in [-0.05, 0) is 17.2 Å². The molecule has 5 nitrogen and oxygen atoms in total. The second kappa shape index (κ2) is 4.91. The summed E-state index contributed by atoms with van der Waals surface area (Å²) >= 11 is 0. The van der Waals surface area contributed by atoms with Crippen LogP contribution in [-0.2, 0) is 30.6 Å². The summed E-state index contributed by atoms with van der Waals surface area (Å²) in [5.74, 6) is 1.15. The Bertz CT molecular complexity index is 693. The van der Waals surface area contributed by atoms with Gasteiger partial charge in [0.05, 0.1) is 19.2 Å². The number of carbonyl (C=O) groups excluding carboxylic acids is 1. The third kappa shape index (κ3) is 2.28. The Labute approximate surface area is 122 Å². The molecule has 4 rings (SSSR count). The minimum absolute atomic E-state index is 0.181. The van der Waals surface area contributed by atoms with Gasteiger partial charge in [0.25, 0.3) is 0 Å². The zero-order valence-electron chi connectivity index (χ0n) is 11.8. The van der Waals surface area contributed by atoms with E-state index in [1.807, 2.05) is 23.2 Å². The molecule has 1 amide bonds. The number of H-pyrrole nitrogens is 1. The van der Waals surface area contributed by atoms with Crippen LogP contribution in [0.5, 0.6) is 5.75 Å². The average Bonchev–Trinajstić information content (AvgIpc) is 3.14. The van der Waals surface area contributed by atoms with Gasteiger partial charge >= 0.3 is 0 Å². The molecule has 2 aliphatic heterocycles. The van der Waals surface area contributed by atoms with Crippen molar-refractivity contribution in [3.8, 4) is 5.75 Å². The first-order valence-corrected chi connectivity index (χ1v) is 7.33. The number of hydrogen-bond acceptors (Lipinski definition) is 3. The molecule has 1 aromatic carbocycles. The van der Waals surface area contributed by atoms with Gasteiger partial charge in [-0.2, -0.15) is 5.10 Å². The number of amides is 1. The lowest BCUT2D eigenvalue weighted by Gasteiger charge is -2.26. The lowest BCUT2D eigenvalue weighted by atomic mass is 10.0. The van der Waals surface area contributed by atoms with Crippen molar-refractivity contribution >= 4 is 5.91 Å². The number of benzene rings is 1. The molecule has 0 radical (unpaired) electrons. The van der Waals surface area contributed by atoms with Crippen LogP contribution in [-0.4, -0.2) is 34.2 Å². The zero-order valence-corrected chi connectivity index (χ0v) is 11.8. The van der Waals surface area contributed by atoms with E-state index < -0.39 is 0 Å². The maximum absolute atomic E-state index is 12.5. The van der Waals surface area contributed by atoms with E-state index >= 15 is 0 Å². The topological polar surface area (TPSA) is 58.2 Å². The Morgan fingerprint density at radius 3 is 3.24 bits per heavy atom. The molecule has 0 spiro atoms. The van der Waals surface area contributed by atoms with Crippen LogP contribution in [0.15, 0.2) is 24.4 Å². The van der Waals surface area contributed by atoms with Crippen molar-refractivity contribution in [3.05, 3.63) is 46.8 Å². The van der Waals surface area contributed by atoms with Gasteiger partial charge in [-0.1, -0.05) is 12.1 Å². The van der Waals surface area contributed by atoms with Crippen molar-refractivity contribution in [3.63, 3.8) is 0 Å². The van der Waals surface area contributed by atoms with Gasteiger partial charge in [-0.3, -0.25) is 9.89 Å². The number of hydrogen-bond donors (Lipinski definition) is 1. The van der Waals surface area contributed by atoms with E-state index in [1.165, 1.54) is 5.56 Å². The molecule has 108 valence electrons. The number of ether oxygens (including phenoxy) is 1. The Morgan fingerprint density at radius 1 is 1.33 bits per heavy atom.